The van der Waals surface area contributed by atoms with E-state index < -0.39 is 10.8 Å². The molecule has 0 radical (unpaired) electrons. The first-order valence-corrected chi connectivity index (χ1v) is 7.04. The summed E-state index contributed by atoms with van der Waals surface area (Å²) in [5.41, 5.74) is 2.70. The van der Waals surface area contributed by atoms with Crippen molar-refractivity contribution in [2.45, 2.75) is 6.92 Å². The Balaban J connectivity index is 1.85. The number of ether oxygens (including phenoxy) is 1. The van der Waals surface area contributed by atoms with Gasteiger partial charge in [0.05, 0.1) is 21.8 Å². The molecule has 8 nitrogen and oxygen atoms in total. The van der Waals surface area contributed by atoms with E-state index in [0.717, 1.165) is 5.01 Å². The molecule has 0 saturated carbocycles. The van der Waals surface area contributed by atoms with Crippen molar-refractivity contribution < 1.29 is 14.5 Å². The minimum absolute atomic E-state index is 0.0294. The second-order valence-electron chi connectivity index (χ2n) is 4.10. The molecule has 1 amide bonds. The number of nitro benzene ring substituents is 1. The summed E-state index contributed by atoms with van der Waals surface area (Å²) in [7, 11) is 0. The van der Waals surface area contributed by atoms with Crippen LogP contribution in [0.4, 0.5) is 5.69 Å². The number of amides is 1. The number of nitrogens with one attached hydrogen (secondary N) is 1. The fraction of sp³-hybridized carbons (Fsp3) is 0.154. The first-order chi connectivity index (χ1) is 10.6. The first kappa shape index (κ1) is 15.6. The molecule has 0 aliphatic rings. The van der Waals surface area contributed by atoms with Gasteiger partial charge in [0.25, 0.3) is 5.91 Å². The average molecular weight is 320 g/mol. The van der Waals surface area contributed by atoms with Crippen molar-refractivity contribution in [2.75, 3.05) is 6.61 Å². The van der Waals surface area contributed by atoms with Crippen molar-refractivity contribution in [1.29, 1.82) is 0 Å². The lowest BCUT2D eigenvalue weighted by Crippen LogP contribution is -2.24. The number of aromatic nitrogens is 1. The van der Waals surface area contributed by atoms with Gasteiger partial charge in [-0.2, -0.15) is 5.10 Å². The minimum atomic E-state index is -0.573. The molecular formula is C13H12N4O4S. The van der Waals surface area contributed by atoms with E-state index in [-0.39, 0.29) is 18.0 Å². The fourth-order valence-corrected chi connectivity index (χ4v) is 2.08. The van der Waals surface area contributed by atoms with E-state index in [2.05, 4.69) is 15.5 Å². The number of hydrogen-bond donors (Lipinski definition) is 1. The van der Waals surface area contributed by atoms with E-state index in [4.69, 9.17) is 4.74 Å². The van der Waals surface area contributed by atoms with Gasteiger partial charge >= 0.3 is 5.69 Å². The zero-order chi connectivity index (χ0) is 15.9. The number of hydrazone groups is 1. The Bertz CT molecular complexity index is 714. The molecule has 2 aromatic rings. The SMILES string of the molecule is Cc1nc(/C=N\NC(=O)COc2ccccc2[N+](=O)[O-])cs1. The summed E-state index contributed by atoms with van der Waals surface area (Å²) in [5.74, 6) is -0.497. The van der Waals surface area contributed by atoms with Crippen LogP contribution in [-0.2, 0) is 4.79 Å². The fourth-order valence-electron chi connectivity index (χ4n) is 1.52. The van der Waals surface area contributed by atoms with Crippen molar-refractivity contribution in [3.63, 3.8) is 0 Å². The Morgan fingerprint density at radius 3 is 3.00 bits per heavy atom. The molecule has 0 aliphatic heterocycles. The summed E-state index contributed by atoms with van der Waals surface area (Å²) >= 11 is 1.47. The van der Waals surface area contributed by atoms with Gasteiger partial charge in [0.15, 0.2) is 12.4 Å². The van der Waals surface area contributed by atoms with E-state index >= 15 is 0 Å². The molecular weight excluding hydrogens is 308 g/mol. The predicted octanol–water partition coefficient (Wildman–Crippen LogP) is 1.89. The van der Waals surface area contributed by atoms with Crippen molar-refractivity contribution >= 4 is 29.1 Å². The van der Waals surface area contributed by atoms with Crippen LogP contribution in [0.15, 0.2) is 34.7 Å². The number of thiazole rings is 1. The van der Waals surface area contributed by atoms with Gasteiger partial charge in [0, 0.05) is 11.4 Å². The molecule has 1 N–H and O–H groups in total. The van der Waals surface area contributed by atoms with Crippen molar-refractivity contribution in [3.8, 4) is 5.75 Å². The molecule has 9 heteroatoms. The van der Waals surface area contributed by atoms with Gasteiger partial charge in [-0.1, -0.05) is 12.1 Å². The molecule has 0 saturated heterocycles. The third-order valence-electron chi connectivity index (χ3n) is 2.44. The molecule has 114 valence electrons. The normalized spacial score (nSPS) is 10.6. The third-order valence-corrected chi connectivity index (χ3v) is 3.24. The topological polar surface area (TPSA) is 107 Å². The first-order valence-electron chi connectivity index (χ1n) is 6.16. The summed E-state index contributed by atoms with van der Waals surface area (Å²) in [6.07, 6.45) is 1.41. The Labute approximate surface area is 129 Å². The highest BCUT2D eigenvalue weighted by Gasteiger charge is 2.14. The maximum Gasteiger partial charge on any atom is 0.310 e. The highest BCUT2D eigenvalue weighted by atomic mass is 32.1. The molecule has 0 atom stereocenters. The standard InChI is InChI=1S/C13H12N4O4S/c1-9-15-10(8-22-9)6-14-16-13(18)7-21-12-5-3-2-4-11(12)17(19)20/h2-6,8H,7H2,1H3,(H,16,18)/b14-6-. The van der Waals surface area contributed by atoms with Gasteiger partial charge in [0.2, 0.25) is 0 Å². The highest BCUT2D eigenvalue weighted by Crippen LogP contribution is 2.25. The van der Waals surface area contributed by atoms with Crippen LogP contribution in [0.1, 0.15) is 10.7 Å². The zero-order valence-electron chi connectivity index (χ0n) is 11.6. The quantitative estimate of drug-likeness (QED) is 0.497. The van der Waals surface area contributed by atoms with Gasteiger partial charge in [0.1, 0.15) is 0 Å². The molecule has 1 heterocycles. The monoisotopic (exact) mass is 320 g/mol. The molecule has 2 rings (SSSR count). The van der Waals surface area contributed by atoms with Crippen LogP contribution < -0.4 is 10.2 Å². The predicted molar refractivity (Wildman–Crippen MR) is 81.2 cm³/mol. The van der Waals surface area contributed by atoms with Crippen molar-refractivity contribution in [1.82, 2.24) is 10.4 Å². The Morgan fingerprint density at radius 2 is 2.32 bits per heavy atom. The number of hydrogen-bond acceptors (Lipinski definition) is 7. The molecule has 0 aliphatic carbocycles. The molecule has 22 heavy (non-hydrogen) atoms. The van der Waals surface area contributed by atoms with E-state index in [9.17, 15) is 14.9 Å². The smallest absolute Gasteiger partial charge is 0.310 e. The van der Waals surface area contributed by atoms with Gasteiger partial charge in [-0.05, 0) is 13.0 Å². The van der Waals surface area contributed by atoms with Crippen molar-refractivity contribution in [3.05, 3.63) is 50.5 Å². The van der Waals surface area contributed by atoms with Crippen LogP contribution in [0.25, 0.3) is 0 Å². The third kappa shape index (κ3) is 4.35. The number of nitro groups is 1. The number of nitrogens with zero attached hydrogens (tertiary/aromatic N) is 3. The van der Waals surface area contributed by atoms with Gasteiger partial charge < -0.3 is 4.74 Å². The zero-order valence-corrected chi connectivity index (χ0v) is 12.4. The van der Waals surface area contributed by atoms with Gasteiger partial charge in [-0.15, -0.1) is 11.3 Å². The lowest BCUT2D eigenvalue weighted by molar-refractivity contribution is -0.385. The average Bonchev–Trinajstić information content (AvgIpc) is 2.91. The van der Waals surface area contributed by atoms with Gasteiger partial charge in [-0.3, -0.25) is 14.9 Å². The number of rotatable bonds is 6. The number of carbonyl (C=O) groups is 1. The molecule has 1 aromatic heterocycles. The highest BCUT2D eigenvalue weighted by molar-refractivity contribution is 7.09. The summed E-state index contributed by atoms with van der Waals surface area (Å²) in [6.45, 7) is 1.49. The second kappa shape index (κ2) is 7.27. The summed E-state index contributed by atoms with van der Waals surface area (Å²) in [6, 6.07) is 5.83. The maximum absolute atomic E-state index is 11.6. The van der Waals surface area contributed by atoms with Crippen LogP contribution in [0.5, 0.6) is 5.75 Å². The number of carbonyl (C=O) groups excluding carboxylic acids is 1. The minimum Gasteiger partial charge on any atom is -0.477 e. The van der Waals surface area contributed by atoms with E-state index in [1.54, 1.807) is 11.4 Å². The lowest BCUT2D eigenvalue weighted by atomic mass is 10.3. The number of benzene rings is 1. The summed E-state index contributed by atoms with van der Waals surface area (Å²) < 4.78 is 5.13. The van der Waals surface area contributed by atoms with E-state index in [0.29, 0.717) is 5.69 Å². The molecule has 0 bridgehead atoms. The maximum atomic E-state index is 11.6. The van der Waals surface area contributed by atoms with Crippen LogP contribution in [0, 0.1) is 17.0 Å². The van der Waals surface area contributed by atoms with Gasteiger partial charge in [-0.25, -0.2) is 10.4 Å². The molecule has 0 unspecified atom stereocenters. The van der Waals surface area contributed by atoms with Crippen LogP contribution in [0.3, 0.4) is 0 Å². The van der Waals surface area contributed by atoms with Crippen LogP contribution >= 0.6 is 11.3 Å². The largest absolute Gasteiger partial charge is 0.477 e. The van der Waals surface area contributed by atoms with Crippen LogP contribution in [-0.4, -0.2) is 28.6 Å². The Morgan fingerprint density at radius 1 is 1.55 bits per heavy atom. The summed E-state index contributed by atoms with van der Waals surface area (Å²) in [4.78, 5) is 25.9. The second-order valence-corrected chi connectivity index (χ2v) is 5.16. The van der Waals surface area contributed by atoms with Crippen molar-refractivity contribution in [2.24, 2.45) is 5.10 Å². The number of para-hydroxylation sites is 2. The van der Waals surface area contributed by atoms with Crippen LogP contribution in [0.2, 0.25) is 0 Å². The Kier molecular flexibility index (Phi) is 5.15. The number of aryl methyl sites for hydroxylation is 1. The summed E-state index contributed by atoms with van der Waals surface area (Å²) in [5, 5.41) is 17.2. The Hall–Kier alpha value is -2.81. The lowest BCUT2D eigenvalue weighted by Gasteiger charge is -2.05. The van der Waals surface area contributed by atoms with E-state index in [1.807, 2.05) is 6.92 Å². The molecule has 0 spiro atoms. The molecule has 0 fully saturated rings. The molecule has 1 aromatic carbocycles. The van der Waals surface area contributed by atoms with E-state index in [1.165, 1.54) is 35.8 Å².